The number of amides is 1. The fourth-order valence-electron chi connectivity index (χ4n) is 5.58. The van der Waals surface area contributed by atoms with E-state index in [0.717, 1.165) is 66.2 Å². The van der Waals surface area contributed by atoms with Gasteiger partial charge in [0.1, 0.15) is 17.1 Å². The number of oxime groups is 1. The number of pyridine rings is 1. The van der Waals surface area contributed by atoms with Gasteiger partial charge < -0.3 is 26.1 Å². The lowest BCUT2D eigenvalue weighted by Gasteiger charge is -2.37. The zero-order valence-corrected chi connectivity index (χ0v) is 24.1. The number of piperidine rings is 1. The smallest absolute Gasteiger partial charge is 0.269 e. The highest BCUT2D eigenvalue weighted by Crippen LogP contribution is 2.36. The lowest BCUT2D eigenvalue weighted by Crippen LogP contribution is -2.45. The van der Waals surface area contributed by atoms with Crippen LogP contribution < -0.4 is 21.3 Å². The maximum atomic E-state index is 12.7. The summed E-state index contributed by atoms with van der Waals surface area (Å²) in [7, 11) is 0. The van der Waals surface area contributed by atoms with Crippen LogP contribution in [-0.4, -0.2) is 41.8 Å². The van der Waals surface area contributed by atoms with Crippen molar-refractivity contribution in [3.63, 3.8) is 0 Å². The number of hydrogen-bond acceptors (Lipinski definition) is 7. The van der Waals surface area contributed by atoms with E-state index < -0.39 is 5.60 Å². The molecule has 1 saturated heterocycles. The van der Waals surface area contributed by atoms with E-state index in [1.165, 1.54) is 5.56 Å². The molecule has 0 saturated carbocycles. The molecular formula is C35H36N6O2. The van der Waals surface area contributed by atoms with E-state index >= 15 is 0 Å². The zero-order chi connectivity index (χ0) is 29.6. The predicted octanol–water partition coefficient (Wildman–Crippen LogP) is 5.89. The molecule has 0 aliphatic carbocycles. The second-order valence-corrected chi connectivity index (χ2v) is 11.1. The number of rotatable bonds is 9. The molecule has 2 aliphatic heterocycles. The minimum atomic E-state index is -0.422. The molecule has 1 aromatic heterocycles. The molecule has 1 fully saturated rings. The number of anilines is 3. The summed E-state index contributed by atoms with van der Waals surface area (Å²) in [6.07, 6.45) is 4.69. The number of nitrogens with one attached hydrogen (secondary N) is 2. The Labute approximate surface area is 252 Å². The van der Waals surface area contributed by atoms with E-state index in [4.69, 9.17) is 15.6 Å². The first kappa shape index (κ1) is 28.0. The molecule has 8 heteroatoms. The molecule has 43 heavy (non-hydrogen) atoms. The minimum absolute atomic E-state index is 0.144. The Hall–Kier alpha value is -5.11. The van der Waals surface area contributed by atoms with Gasteiger partial charge in [0.15, 0.2) is 0 Å². The van der Waals surface area contributed by atoms with Gasteiger partial charge in [0.25, 0.3) is 5.91 Å². The van der Waals surface area contributed by atoms with Crippen LogP contribution in [-0.2, 0) is 16.1 Å². The molecule has 1 spiro atoms. The van der Waals surface area contributed by atoms with Crippen molar-refractivity contribution in [2.45, 2.75) is 31.3 Å². The summed E-state index contributed by atoms with van der Waals surface area (Å²) in [5.74, 6) is 0.754. The molecule has 1 amide bonds. The Morgan fingerprint density at radius 3 is 2.42 bits per heavy atom. The molecule has 4 aromatic rings. The number of nitrogen functional groups attached to an aromatic ring is 1. The van der Waals surface area contributed by atoms with Crippen LogP contribution in [0.5, 0.6) is 0 Å². The molecule has 218 valence electrons. The molecule has 0 radical (unpaired) electrons. The van der Waals surface area contributed by atoms with Crippen molar-refractivity contribution in [1.29, 1.82) is 0 Å². The summed E-state index contributed by atoms with van der Waals surface area (Å²) in [6, 6.07) is 30.3. The molecule has 3 heterocycles. The maximum Gasteiger partial charge on any atom is 0.269 e. The normalized spacial score (nSPS) is 15.4. The second-order valence-electron chi connectivity index (χ2n) is 11.1. The molecule has 2 aliphatic rings. The van der Waals surface area contributed by atoms with Crippen molar-refractivity contribution in [2.24, 2.45) is 5.16 Å². The van der Waals surface area contributed by atoms with Gasteiger partial charge in [-0.1, -0.05) is 78.5 Å². The number of benzene rings is 3. The van der Waals surface area contributed by atoms with Gasteiger partial charge in [0.05, 0.1) is 11.4 Å². The summed E-state index contributed by atoms with van der Waals surface area (Å²) in [6.45, 7) is 6.34. The van der Waals surface area contributed by atoms with Gasteiger partial charge in [0, 0.05) is 56.4 Å². The van der Waals surface area contributed by atoms with E-state index in [-0.39, 0.29) is 5.91 Å². The van der Waals surface area contributed by atoms with Crippen LogP contribution in [0.3, 0.4) is 0 Å². The highest BCUT2D eigenvalue weighted by molar-refractivity contribution is 6.39. The summed E-state index contributed by atoms with van der Waals surface area (Å²) < 4.78 is 0. The molecule has 0 atom stereocenters. The van der Waals surface area contributed by atoms with Gasteiger partial charge in [-0.2, -0.15) is 0 Å². The number of hydrogen-bond donors (Lipinski definition) is 3. The third kappa shape index (κ3) is 6.54. The Balaban J connectivity index is 0.999. The Bertz CT molecular complexity index is 1610. The highest BCUT2D eigenvalue weighted by atomic mass is 16.7. The molecule has 8 nitrogen and oxygen atoms in total. The third-order valence-electron chi connectivity index (χ3n) is 8.18. The molecule has 0 bridgehead atoms. The van der Waals surface area contributed by atoms with Crippen LogP contribution in [0.4, 0.5) is 17.2 Å². The minimum Gasteiger partial charge on any atom is -0.397 e. The van der Waals surface area contributed by atoms with Gasteiger partial charge in [-0.15, -0.1) is 0 Å². The van der Waals surface area contributed by atoms with Crippen molar-refractivity contribution < 1.29 is 9.63 Å². The SMILES string of the molecule is C=C(Nc1cc(-c2ccccc2)ccc1N)c1ccc(N2CCC3(CC2)CC(C(=O)NCCc2ccccc2)=NO3)nc1. The average Bonchev–Trinajstić information content (AvgIpc) is 3.47. The predicted molar refractivity (Wildman–Crippen MR) is 174 cm³/mol. The van der Waals surface area contributed by atoms with Gasteiger partial charge in [-0.25, -0.2) is 4.98 Å². The third-order valence-corrected chi connectivity index (χ3v) is 8.18. The largest absolute Gasteiger partial charge is 0.397 e. The van der Waals surface area contributed by atoms with E-state index in [9.17, 15) is 4.79 Å². The Morgan fingerprint density at radius 2 is 1.70 bits per heavy atom. The van der Waals surface area contributed by atoms with E-state index in [0.29, 0.717) is 24.4 Å². The fraction of sp³-hybridized carbons (Fsp3) is 0.229. The summed E-state index contributed by atoms with van der Waals surface area (Å²) in [5, 5.41) is 10.5. The van der Waals surface area contributed by atoms with Crippen LogP contribution in [0.2, 0.25) is 0 Å². The van der Waals surface area contributed by atoms with Crippen molar-refractivity contribution in [1.82, 2.24) is 10.3 Å². The van der Waals surface area contributed by atoms with Crippen LogP contribution in [0.25, 0.3) is 16.8 Å². The highest BCUT2D eigenvalue weighted by Gasteiger charge is 2.43. The maximum absolute atomic E-state index is 12.7. The van der Waals surface area contributed by atoms with Crippen LogP contribution >= 0.6 is 0 Å². The van der Waals surface area contributed by atoms with E-state index in [1.54, 1.807) is 0 Å². The summed E-state index contributed by atoms with van der Waals surface area (Å²) in [4.78, 5) is 25.5. The summed E-state index contributed by atoms with van der Waals surface area (Å²) >= 11 is 0. The number of nitrogens with two attached hydrogens (primary N) is 1. The number of aromatic nitrogens is 1. The standard InChI is InChI=1S/C35H36N6O2/c1-25(39-31-22-28(12-14-30(31)36)27-10-6-3-7-11-27)29-13-15-33(38-24-29)41-20-17-35(18-21-41)23-32(40-43-35)34(42)37-19-16-26-8-4-2-5-9-26/h2-15,22,24,39H,1,16-21,23,36H2,(H,37,42). The van der Waals surface area contributed by atoms with Gasteiger partial charge in [0.2, 0.25) is 0 Å². The molecular weight excluding hydrogens is 536 g/mol. The first-order valence-corrected chi connectivity index (χ1v) is 14.7. The lowest BCUT2D eigenvalue weighted by atomic mass is 9.86. The zero-order valence-electron chi connectivity index (χ0n) is 24.1. The Kier molecular flexibility index (Phi) is 8.09. The van der Waals surface area contributed by atoms with Crippen molar-refractivity contribution in [3.05, 3.63) is 115 Å². The number of nitrogens with zero attached hydrogens (tertiary/aromatic N) is 3. The monoisotopic (exact) mass is 572 g/mol. The van der Waals surface area contributed by atoms with Crippen LogP contribution in [0, 0.1) is 0 Å². The van der Waals surface area contributed by atoms with E-state index in [2.05, 4.69) is 51.5 Å². The molecule has 3 aromatic carbocycles. The van der Waals surface area contributed by atoms with Gasteiger partial charge >= 0.3 is 0 Å². The lowest BCUT2D eigenvalue weighted by molar-refractivity contribution is -0.114. The van der Waals surface area contributed by atoms with Crippen molar-refractivity contribution >= 4 is 34.5 Å². The van der Waals surface area contributed by atoms with Crippen LogP contribution in [0.1, 0.15) is 30.4 Å². The molecule has 4 N–H and O–H groups in total. The summed E-state index contributed by atoms with van der Waals surface area (Å²) in [5.41, 5.74) is 12.8. The van der Waals surface area contributed by atoms with Crippen molar-refractivity contribution in [3.8, 4) is 11.1 Å². The quantitative estimate of drug-likeness (QED) is 0.216. The first-order chi connectivity index (χ1) is 21.0. The fourth-order valence-corrected chi connectivity index (χ4v) is 5.58. The second kappa shape index (κ2) is 12.4. The van der Waals surface area contributed by atoms with Crippen LogP contribution in [0.15, 0.2) is 109 Å². The molecule has 0 unspecified atom stereocenters. The van der Waals surface area contributed by atoms with E-state index in [1.807, 2.05) is 72.9 Å². The number of carbonyl (C=O) groups is 1. The van der Waals surface area contributed by atoms with Gasteiger partial charge in [-0.3, -0.25) is 4.79 Å². The van der Waals surface area contributed by atoms with Gasteiger partial charge in [-0.05, 0) is 47.4 Å². The average molecular weight is 573 g/mol. The first-order valence-electron chi connectivity index (χ1n) is 14.7. The number of carbonyl (C=O) groups excluding carboxylic acids is 1. The topological polar surface area (TPSA) is 105 Å². The van der Waals surface area contributed by atoms with Crippen molar-refractivity contribution in [2.75, 3.05) is 35.6 Å². The molecule has 6 rings (SSSR count). The Morgan fingerprint density at radius 1 is 0.953 bits per heavy atom.